The number of halogens is 1. The third-order valence-electron chi connectivity index (χ3n) is 7.14. The Kier molecular flexibility index (Phi) is 8.47. The summed E-state index contributed by atoms with van der Waals surface area (Å²) in [7, 11) is 1.63. The van der Waals surface area contributed by atoms with Gasteiger partial charge in [0.1, 0.15) is 11.6 Å². The number of carbonyl (C=O) groups is 1. The number of para-hydroxylation sites is 1. The minimum Gasteiger partial charge on any atom is -0.493 e. The van der Waals surface area contributed by atoms with Crippen LogP contribution in [0.5, 0.6) is 11.5 Å². The molecule has 0 saturated heterocycles. The highest BCUT2D eigenvalue weighted by molar-refractivity contribution is 7.16. The Hall–Kier alpha value is -2.83. The quantitative estimate of drug-likeness (QED) is 0.300. The average Bonchev–Trinajstić information content (AvgIpc) is 3.30. The number of nitrogens with zero attached hydrogens (tertiary/aromatic N) is 1. The standard InChI is InChI=1S/C30H33ClN2O3S/c1-35-25-15-8-10-21(28(25)36-19-20-9-7-11-22(31)17-20)18-32-30-27(24-14-5-6-16-26(24)37-30)29(34)33-23-12-3-2-4-13-23/h7-11,15,17-18,23H,2-6,12-14,16,19H2,1H3,(H,33,34). The Morgan fingerprint density at radius 1 is 1.11 bits per heavy atom. The first kappa shape index (κ1) is 25.8. The summed E-state index contributed by atoms with van der Waals surface area (Å²) in [6.07, 6.45) is 11.8. The third kappa shape index (κ3) is 6.19. The second-order valence-corrected chi connectivity index (χ2v) is 11.3. The van der Waals surface area contributed by atoms with E-state index in [0.717, 1.165) is 60.2 Å². The van der Waals surface area contributed by atoms with Crippen LogP contribution >= 0.6 is 22.9 Å². The number of carbonyl (C=O) groups excluding carboxylic acids is 1. The van der Waals surface area contributed by atoms with Crippen LogP contribution in [0.15, 0.2) is 47.5 Å². The Morgan fingerprint density at radius 3 is 2.73 bits per heavy atom. The van der Waals surface area contributed by atoms with Crippen molar-refractivity contribution in [3.63, 3.8) is 0 Å². The molecular weight excluding hydrogens is 504 g/mol. The SMILES string of the molecule is COc1cccc(C=Nc2sc3c(c2C(=O)NC2CCCCC2)CCCC3)c1OCc1cccc(Cl)c1. The molecule has 37 heavy (non-hydrogen) atoms. The molecule has 1 heterocycles. The lowest BCUT2D eigenvalue weighted by Crippen LogP contribution is -2.36. The van der Waals surface area contributed by atoms with Crippen LogP contribution < -0.4 is 14.8 Å². The maximum atomic E-state index is 13.5. The van der Waals surface area contributed by atoms with E-state index < -0.39 is 0 Å². The van der Waals surface area contributed by atoms with Crippen molar-refractivity contribution < 1.29 is 14.3 Å². The fraction of sp³-hybridized carbons (Fsp3) is 0.400. The van der Waals surface area contributed by atoms with Crippen molar-refractivity contribution in [2.45, 2.75) is 70.4 Å². The second kappa shape index (κ2) is 12.1. The highest BCUT2D eigenvalue weighted by Gasteiger charge is 2.27. The summed E-state index contributed by atoms with van der Waals surface area (Å²) < 4.78 is 11.8. The molecule has 2 aliphatic carbocycles. The molecule has 1 aromatic heterocycles. The van der Waals surface area contributed by atoms with Gasteiger partial charge >= 0.3 is 0 Å². The first-order valence-electron chi connectivity index (χ1n) is 13.2. The van der Waals surface area contributed by atoms with E-state index in [1.165, 1.54) is 29.7 Å². The molecule has 0 radical (unpaired) electrons. The summed E-state index contributed by atoms with van der Waals surface area (Å²) >= 11 is 7.80. The summed E-state index contributed by atoms with van der Waals surface area (Å²) in [4.78, 5) is 19.7. The van der Waals surface area contributed by atoms with Crippen molar-refractivity contribution >= 4 is 40.1 Å². The first-order chi connectivity index (χ1) is 18.1. The normalized spacial score (nSPS) is 15.9. The fourth-order valence-electron chi connectivity index (χ4n) is 5.24. The van der Waals surface area contributed by atoms with Crippen molar-refractivity contribution in [1.29, 1.82) is 0 Å². The molecule has 0 bridgehead atoms. The number of amides is 1. The molecule has 7 heteroatoms. The number of benzene rings is 2. The van der Waals surface area contributed by atoms with Crippen LogP contribution in [0.2, 0.25) is 5.02 Å². The van der Waals surface area contributed by atoms with Crippen molar-refractivity contribution in [3.05, 3.63) is 74.6 Å². The molecule has 1 fully saturated rings. The lowest BCUT2D eigenvalue weighted by atomic mass is 9.93. The lowest BCUT2D eigenvalue weighted by molar-refractivity contribution is 0.0927. The van der Waals surface area contributed by atoms with Gasteiger partial charge in [0.15, 0.2) is 11.5 Å². The number of aliphatic imine (C=N–C) groups is 1. The minimum absolute atomic E-state index is 0.0292. The maximum Gasteiger partial charge on any atom is 0.254 e. The van der Waals surface area contributed by atoms with Gasteiger partial charge in [-0.1, -0.05) is 49.1 Å². The molecule has 1 amide bonds. The van der Waals surface area contributed by atoms with Crippen LogP contribution in [0.4, 0.5) is 5.00 Å². The van der Waals surface area contributed by atoms with Crippen molar-refractivity contribution in [1.82, 2.24) is 5.32 Å². The van der Waals surface area contributed by atoms with E-state index in [1.807, 2.05) is 42.5 Å². The van der Waals surface area contributed by atoms with E-state index in [-0.39, 0.29) is 11.9 Å². The first-order valence-corrected chi connectivity index (χ1v) is 14.4. The molecule has 5 rings (SSSR count). The number of thiophene rings is 1. The molecule has 1 saturated carbocycles. The van der Waals surface area contributed by atoms with E-state index >= 15 is 0 Å². The molecule has 0 spiro atoms. The van der Waals surface area contributed by atoms with Crippen molar-refractivity contribution in [3.8, 4) is 11.5 Å². The number of rotatable bonds is 8. The maximum absolute atomic E-state index is 13.5. The number of hydrogen-bond acceptors (Lipinski definition) is 5. The number of hydrogen-bond donors (Lipinski definition) is 1. The fourth-order valence-corrected chi connectivity index (χ4v) is 6.68. The Bertz CT molecular complexity index is 1280. The van der Waals surface area contributed by atoms with E-state index in [9.17, 15) is 4.79 Å². The molecule has 194 valence electrons. The van der Waals surface area contributed by atoms with Crippen LogP contribution in [0.1, 0.15) is 76.9 Å². The minimum atomic E-state index is 0.0292. The van der Waals surface area contributed by atoms with E-state index in [1.54, 1.807) is 24.7 Å². The number of nitrogens with one attached hydrogen (secondary N) is 1. The highest BCUT2D eigenvalue weighted by Crippen LogP contribution is 2.40. The Labute approximate surface area is 227 Å². The van der Waals surface area contributed by atoms with Gasteiger partial charge in [-0.3, -0.25) is 4.79 Å². The molecule has 2 aromatic carbocycles. The van der Waals surface area contributed by atoms with Gasteiger partial charge in [0.25, 0.3) is 5.91 Å². The predicted octanol–water partition coefficient (Wildman–Crippen LogP) is 7.68. The van der Waals surface area contributed by atoms with Gasteiger partial charge < -0.3 is 14.8 Å². The van der Waals surface area contributed by atoms with Crippen LogP contribution in [0.3, 0.4) is 0 Å². The number of ether oxygens (including phenoxy) is 2. The van der Waals surface area contributed by atoms with E-state index in [4.69, 9.17) is 26.1 Å². The van der Waals surface area contributed by atoms with Gasteiger partial charge in [0.05, 0.1) is 12.7 Å². The van der Waals surface area contributed by atoms with Gasteiger partial charge in [-0.25, -0.2) is 4.99 Å². The second-order valence-electron chi connectivity index (χ2n) is 9.75. The molecule has 0 aliphatic heterocycles. The summed E-state index contributed by atoms with van der Waals surface area (Å²) in [6.45, 7) is 0.351. The van der Waals surface area contributed by atoms with Crippen LogP contribution in [-0.4, -0.2) is 25.3 Å². The van der Waals surface area contributed by atoms with Crippen molar-refractivity contribution in [2.24, 2.45) is 4.99 Å². The highest BCUT2D eigenvalue weighted by atomic mass is 35.5. The monoisotopic (exact) mass is 536 g/mol. The van der Waals surface area contributed by atoms with Gasteiger partial charge in [0, 0.05) is 27.7 Å². The molecule has 1 N–H and O–H groups in total. The van der Waals surface area contributed by atoms with Gasteiger partial charge in [-0.2, -0.15) is 0 Å². The summed E-state index contributed by atoms with van der Waals surface area (Å²) in [5.74, 6) is 1.27. The largest absolute Gasteiger partial charge is 0.493 e. The van der Waals surface area contributed by atoms with Gasteiger partial charge in [0.2, 0.25) is 0 Å². The molecule has 2 aliphatic rings. The van der Waals surface area contributed by atoms with Gasteiger partial charge in [-0.15, -0.1) is 11.3 Å². The van der Waals surface area contributed by atoms with E-state index in [0.29, 0.717) is 23.1 Å². The molecule has 0 unspecified atom stereocenters. The lowest BCUT2D eigenvalue weighted by Gasteiger charge is -2.23. The molecule has 0 atom stereocenters. The Balaban J connectivity index is 1.43. The van der Waals surface area contributed by atoms with Crippen LogP contribution in [0.25, 0.3) is 0 Å². The number of aryl methyl sites for hydroxylation is 1. The topological polar surface area (TPSA) is 59.9 Å². The Morgan fingerprint density at radius 2 is 1.92 bits per heavy atom. The summed E-state index contributed by atoms with van der Waals surface area (Å²) in [6, 6.07) is 13.6. The summed E-state index contributed by atoms with van der Waals surface area (Å²) in [5.41, 5.74) is 3.73. The van der Waals surface area contributed by atoms with Crippen LogP contribution in [-0.2, 0) is 19.4 Å². The molecule has 3 aromatic rings. The predicted molar refractivity (Wildman–Crippen MR) is 151 cm³/mol. The zero-order valence-corrected chi connectivity index (χ0v) is 22.8. The van der Waals surface area contributed by atoms with Gasteiger partial charge in [-0.05, 0) is 73.9 Å². The number of fused-ring (bicyclic) bond motifs is 1. The van der Waals surface area contributed by atoms with E-state index in [2.05, 4.69) is 5.32 Å². The summed E-state index contributed by atoms with van der Waals surface area (Å²) in [5, 5.41) is 4.77. The third-order valence-corrected chi connectivity index (χ3v) is 8.58. The average molecular weight is 537 g/mol. The molecule has 5 nitrogen and oxygen atoms in total. The smallest absolute Gasteiger partial charge is 0.254 e. The van der Waals surface area contributed by atoms with Crippen molar-refractivity contribution in [2.75, 3.05) is 7.11 Å². The number of methoxy groups -OCH3 is 1. The molecular formula is C30H33ClN2O3S. The zero-order chi connectivity index (χ0) is 25.6. The zero-order valence-electron chi connectivity index (χ0n) is 21.2. The van der Waals surface area contributed by atoms with Crippen LogP contribution in [0, 0.1) is 0 Å².